The number of primary amides is 1. The van der Waals surface area contributed by atoms with Crippen molar-refractivity contribution >= 4 is 39.7 Å². The Morgan fingerprint density at radius 1 is 1.39 bits per heavy atom. The van der Waals surface area contributed by atoms with Gasteiger partial charge in [-0.15, -0.1) is 11.3 Å². The summed E-state index contributed by atoms with van der Waals surface area (Å²) in [4.78, 5) is 18.3. The SMILES string of the molecule is Cn1c(CCC(N)=O)nn(CN2CCC[C@@H](c3nc4ccccc4s3)C2)c1=S. The summed E-state index contributed by atoms with van der Waals surface area (Å²) in [6, 6.07) is 8.32. The van der Waals surface area contributed by atoms with Gasteiger partial charge in [-0.3, -0.25) is 9.69 Å². The quantitative estimate of drug-likeness (QED) is 0.625. The molecule has 2 aromatic heterocycles. The molecule has 1 aromatic carbocycles. The molecule has 9 heteroatoms. The van der Waals surface area contributed by atoms with E-state index in [2.05, 4.69) is 28.2 Å². The molecule has 0 saturated carbocycles. The fourth-order valence-electron chi connectivity index (χ4n) is 3.72. The van der Waals surface area contributed by atoms with Gasteiger partial charge in [0.2, 0.25) is 5.91 Å². The maximum Gasteiger partial charge on any atom is 0.217 e. The largest absolute Gasteiger partial charge is 0.370 e. The second-order valence-corrected chi connectivity index (χ2v) is 8.73. The summed E-state index contributed by atoms with van der Waals surface area (Å²) < 4.78 is 5.64. The van der Waals surface area contributed by atoms with E-state index >= 15 is 0 Å². The first-order chi connectivity index (χ1) is 13.5. The molecule has 0 bridgehead atoms. The molecule has 4 rings (SSSR count). The van der Waals surface area contributed by atoms with Crippen molar-refractivity contribution in [3.8, 4) is 0 Å². The van der Waals surface area contributed by atoms with Gasteiger partial charge < -0.3 is 10.3 Å². The van der Waals surface area contributed by atoms with Crippen molar-refractivity contribution in [2.75, 3.05) is 13.1 Å². The molecule has 1 atom stereocenters. The molecule has 1 saturated heterocycles. The van der Waals surface area contributed by atoms with E-state index in [0.717, 1.165) is 37.3 Å². The van der Waals surface area contributed by atoms with E-state index in [1.807, 2.05) is 22.4 Å². The molecule has 28 heavy (non-hydrogen) atoms. The summed E-state index contributed by atoms with van der Waals surface area (Å²) in [6.07, 6.45) is 3.09. The van der Waals surface area contributed by atoms with Gasteiger partial charge in [-0.05, 0) is 43.7 Å². The first kappa shape index (κ1) is 19.2. The Hall–Kier alpha value is -2.10. The first-order valence-electron chi connectivity index (χ1n) is 9.50. The van der Waals surface area contributed by atoms with Gasteiger partial charge in [-0.2, -0.15) is 5.10 Å². The van der Waals surface area contributed by atoms with Gasteiger partial charge in [0, 0.05) is 32.4 Å². The molecule has 0 radical (unpaired) electrons. The van der Waals surface area contributed by atoms with Crippen LogP contribution in [0.5, 0.6) is 0 Å². The maximum atomic E-state index is 11.1. The highest BCUT2D eigenvalue weighted by molar-refractivity contribution is 7.71. The minimum absolute atomic E-state index is 0.281. The molecule has 3 aromatic rings. The Labute approximate surface area is 172 Å². The maximum absolute atomic E-state index is 11.1. The van der Waals surface area contributed by atoms with Crippen molar-refractivity contribution in [3.63, 3.8) is 0 Å². The average Bonchev–Trinajstić information content (AvgIpc) is 3.23. The highest BCUT2D eigenvalue weighted by Gasteiger charge is 2.25. The number of likely N-dealkylation sites (tertiary alicyclic amines) is 1. The zero-order valence-corrected chi connectivity index (χ0v) is 17.5. The van der Waals surface area contributed by atoms with E-state index in [4.69, 9.17) is 22.9 Å². The zero-order valence-electron chi connectivity index (χ0n) is 15.9. The minimum Gasteiger partial charge on any atom is -0.370 e. The normalized spacial score (nSPS) is 18.0. The van der Waals surface area contributed by atoms with E-state index in [9.17, 15) is 4.79 Å². The number of nitrogens with zero attached hydrogens (tertiary/aromatic N) is 5. The highest BCUT2D eigenvalue weighted by atomic mass is 32.1. The molecule has 148 valence electrons. The van der Waals surface area contributed by atoms with Crippen LogP contribution in [0.4, 0.5) is 0 Å². The van der Waals surface area contributed by atoms with Crippen LogP contribution in [0.1, 0.15) is 36.0 Å². The van der Waals surface area contributed by atoms with Gasteiger partial charge in [-0.1, -0.05) is 12.1 Å². The molecule has 1 aliphatic rings. The summed E-state index contributed by atoms with van der Waals surface area (Å²) in [6.45, 7) is 2.63. The van der Waals surface area contributed by atoms with Crippen LogP contribution in [-0.4, -0.2) is 43.2 Å². The number of rotatable bonds is 6. The van der Waals surface area contributed by atoms with E-state index in [-0.39, 0.29) is 12.3 Å². The van der Waals surface area contributed by atoms with E-state index < -0.39 is 0 Å². The molecule has 0 aliphatic carbocycles. The van der Waals surface area contributed by atoms with Crippen LogP contribution in [-0.2, 0) is 24.9 Å². The predicted molar refractivity (Wildman–Crippen MR) is 113 cm³/mol. The van der Waals surface area contributed by atoms with Gasteiger partial charge in [0.1, 0.15) is 5.82 Å². The predicted octanol–water partition coefficient (Wildman–Crippen LogP) is 2.82. The summed E-state index contributed by atoms with van der Waals surface area (Å²) in [5.41, 5.74) is 6.35. The number of carbonyl (C=O) groups excluding carboxylic acids is 1. The fourth-order valence-corrected chi connectivity index (χ4v) is 5.01. The molecule has 1 aliphatic heterocycles. The first-order valence-corrected chi connectivity index (χ1v) is 10.7. The number of thiazole rings is 1. The second-order valence-electron chi connectivity index (χ2n) is 7.30. The number of piperidine rings is 1. The van der Waals surface area contributed by atoms with E-state index in [1.165, 1.54) is 9.71 Å². The number of hydrogen-bond acceptors (Lipinski definition) is 6. The molecular formula is C19H24N6OS2. The number of hydrogen-bond donors (Lipinski definition) is 1. The number of benzene rings is 1. The molecule has 7 nitrogen and oxygen atoms in total. The lowest BCUT2D eigenvalue weighted by Crippen LogP contribution is -2.36. The van der Waals surface area contributed by atoms with Crippen LogP contribution in [0.25, 0.3) is 10.2 Å². The smallest absolute Gasteiger partial charge is 0.217 e. The van der Waals surface area contributed by atoms with Crippen molar-refractivity contribution in [2.24, 2.45) is 12.8 Å². The third-order valence-corrected chi connectivity index (χ3v) is 6.91. The van der Waals surface area contributed by atoms with Gasteiger partial charge in [0.15, 0.2) is 4.77 Å². The van der Waals surface area contributed by atoms with Crippen molar-refractivity contribution < 1.29 is 4.79 Å². The van der Waals surface area contributed by atoms with Crippen LogP contribution < -0.4 is 5.73 Å². The molecule has 0 spiro atoms. The Kier molecular flexibility index (Phi) is 5.56. The molecular weight excluding hydrogens is 392 g/mol. The van der Waals surface area contributed by atoms with Gasteiger partial charge in [0.25, 0.3) is 0 Å². The second kappa shape index (κ2) is 8.10. The van der Waals surface area contributed by atoms with Crippen molar-refractivity contribution in [3.05, 3.63) is 39.9 Å². The van der Waals surface area contributed by atoms with E-state index in [1.54, 1.807) is 11.3 Å². The molecule has 3 heterocycles. The summed E-state index contributed by atoms with van der Waals surface area (Å²) in [7, 11) is 1.89. The molecule has 0 unspecified atom stereocenters. The number of para-hydroxylation sites is 1. The Morgan fingerprint density at radius 2 is 2.21 bits per heavy atom. The minimum atomic E-state index is -0.324. The third kappa shape index (κ3) is 4.01. The topological polar surface area (TPSA) is 82.0 Å². The van der Waals surface area contributed by atoms with Gasteiger partial charge in [0.05, 0.1) is 21.9 Å². The number of fused-ring (bicyclic) bond motifs is 1. The lowest BCUT2D eigenvalue weighted by atomic mass is 9.99. The number of aryl methyl sites for hydroxylation is 1. The Balaban J connectivity index is 1.47. The van der Waals surface area contributed by atoms with Crippen LogP contribution in [0.15, 0.2) is 24.3 Å². The van der Waals surface area contributed by atoms with E-state index in [0.29, 0.717) is 23.8 Å². The Morgan fingerprint density at radius 3 is 3.00 bits per heavy atom. The summed E-state index contributed by atoms with van der Waals surface area (Å²) in [5, 5.41) is 5.84. The summed E-state index contributed by atoms with van der Waals surface area (Å²) >= 11 is 7.34. The number of amides is 1. The van der Waals surface area contributed by atoms with Crippen molar-refractivity contribution in [2.45, 2.75) is 38.3 Å². The lowest BCUT2D eigenvalue weighted by molar-refractivity contribution is -0.118. The van der Waals surface area contributed by atoms with Crippen LogP contribution in [0.2, 0.25) is 0 Å². The average molecular weight is 417 g/mol. The third-order valence-electron chi connectivity index (χ3n) is 5.23. The number of carbonyl (C=O) groups is 1. The highest BCUT2D eigenvalue weighted by Crippen LogP contribution is 2.33. The number of aromatic nitrogens is 4. The van der Waals surface area contributed by atoms with Crippen LogP contribution in [0.3, 0.4) is 0 Å². The lowest BCUT2D eigenvalue weighted by Gasteiger charge is -2.31. The van der Waals surface area contributed by atoms with Crippen molar-refractivity contribution in [1.82, 2.24) is 24.2 Å². The molecule has 1 amide bonds. The number of nitrogens with two attached hydrogens (primary N) is 1. The summed E-state index contributed by atoms with van der Waals surface area (Å²) in [5.74, 6) is 0.914. The molecule has 2 N–H and O–H groups in total. The van der Waals surface area contributed by atoms with Crippen LogP contribution in [0, 0.1) is 4.77 Å². The van der Waals surface area contributed by atoms with Gasteiger partial charge >= 0.3 is 0 Å². The molecule has 1 fully saturated rings. The fraction of sp³-hybridized carbons (Fsp3) is 0.474. The standard InChI is InChI=1S/C19H24N6OS2/c1-23-17(9-8-16(20)26)22-25(19(23)27)12-24-10-4-5-13(11-24)18-21-14-6-2-3-7-15(14)28-18/h2-3,6-7,13H,4-5,8-12H2,1H3,(H2,20,26)/t13-/m1/s1. The van der Waals surface area contributed by atoms with Crippen LogP contribution >= 0.6 is 23.6 Å². The monoisotopic (exact) mass is 416 g/mol. The van der Waals surface area contributed by atoms with Crippen molar-refractivity contribution in [1.29, 1.82) is 0 Å². The Bertz CT molecular complexity index is 1020. The zero-order chi connectivity index (χ0) is 19.7. The van der Waals surface area contributed by atoms with Gasteiger partial charge in [-0.25, -0.2) is 9.67 Å².